The molecule has 0 amide bonds. The molecule has 0 heterocycles. The molecule has 0 aliphatic carbocycles. The Balaban J connectivity index is 4.54. The van der Waals surface area contributed by atoms with E-state index in [-0.39, 0.29) is 6.61 Å². The first-order valence-corrected chi connectivity index (χ1v) is 8.10. The van der Waals surface area contributed by atoms with Gasteiger partial charge in [0.15, 0.2) is 0 Å². The molecule has 0 aliphatic heterocycles. The molecule has 0 saturated carbocycles. The lowest BCUT2D eigenvalue weighted by atomic mass is 9.98. The van der Waals surface area contributed by atoms with Gasteiger partial charge in [-0.1, -0.05) is 40.5 Å². The molecule has 2 nitrogen and oxygen atoms in total. The minimum atomic E-state index is 0.109. The predicted molar refractivity (Wildman–Crippen MR) is 95.9 cm³/mol. The molecular weight excluding hydrogens is 272 g/mol. The van der Waals surface area contributed by atoms with Crippen molar-refractivity contribution in [3.05, 3.63) is 46.1 Å². The number of aliphatic hydroxyl groups is 1. The summed E-state index contributed by atoms with van der Waals surface area (Å²) in [7, 11) is 0. The number of aliphatic hydroxyl groups excluding tert-OH is 1. The van der Waals surface area contributed by atoms with E-state index in [1.165, 1.54) is 22.3 Å². The van der Waals surface area contributed by atoms with E-state index < -0.39 is 0 Å². The third-order valence-electron chi connectivity index (χ3n) is 3.70. The quantitative estimate of drug-likeness (QED) is 0.337. The smallest absolute Gasteiger partial charge is 0.146 e. The maximum absolute atomic E-state index is 11.3. The molecule has 0 unspecified atom stereocenters. The monoisotopic (exact) mass is 304 g/mol. The average Bonchev–Trinajstić information content (AvgIpc) is 2.44. The molecule has 0 bridgehead atoms. The van der Waals surface area contributed by atoms with Gasteiger partial charge in [0.25, 0.3) is 0 Å². The number of hydrogen-bond donors (Lipinski definition) is 1. The molecule has 0 saturated heterocycles. The lowest BCUT2D eigenvalue weighted by Gasteiger charge is -2.07. The van der Waals surface area contributed by atoms with Crippen molar-refractivity contribution >= 4 is 6.29 Å². The Kier molecular flexibility index (Phi) is 11.4. The van der Waals surface area contributed by atoms with E-state index in [9.17, 15) is 4.79 Å². The molecule has 0 spiro atoms. The molecule has 0 atom stereocenters. The second-order valence-electron chi connectivity index (χ2n) is 6.24. The fourth-order valence-electron chi connectivity index (χ4n) is 2.21. The van der Waals surface area contributed by atoms with Crippen LogP contribution in [0.4, 0.5) is 0 Å². The summed E-state index contributed by atoms with van der Waals surface area (Å²) < 4.78 is 0. The van der Waals surface area contributed by atoms with Crippen molar-refractivity contribution in [3.63, 3.8) is 0 Å². The van der Waals surface area contributed by atoms with Crippen LogP contribution in [0.15, 0.2) is 46.1 Å². The van der Waals surface area contributed by atoms with Gasteiger partial charge in [0.05, 0.1) is 6.61 Å². The summed E-state index contributed by atoms with van der Waals surface area (Å²) in [6, 6.07) is 0. The van der Waals surface area contributed by atoms with Crippen molar-refractivity contribution in [3.8, 4) is 0 Å². The first-order valence-electron chi connectivity index (χ1n) is 8.10. The van der Waals surface area contributed by atoms with Crippen LogP contribution in [0.3, 0.4) is 0 Å². The molecule has 1 N–H and O–H groups in total. The van der Waals surface area contributed by atoms with Crippen LogP contribution >= 0.6 is 0 Å². The van der Waals surface area contributed by atoms with E-state index in [0.717, 1.165) is 44.0 Å². The Bertz CT molecular complexity index is 458. The maximum atomic E-state index is 11.3. The van der Waals surface area contributed by atoms with E-state index >= 15 is 0 Å². The molecule has 0 aliphatic rings. The van der Waals surface area contributed by atoms with Crippen LogP contribution < -0.4 is 0 Å². The van der Waals surface area contributed by atoms with Crippen molar-refractivity contribution in [2.45, 2.75) is 66.7 Å². The summed E-state index contributed by atoms with van der Waals surface area (Å²) in [5, 5.41) is 8.82. The molecule has 2 heteroatoms. The van der Waals surface area contributed by atoms with Crippen LogP contribution in [-0.4, -0.2) is 18.0 Å². The molecule has 0 radical (unpaired) electrons. The SMILES string of the molecule is CC(C)=CCC/C(C)=C(/C=O)CC(C)=CCC/C(C)=C/CO. The average molecular weight is 304 g/mol. The van der Waals surface area contributed by atoms with Crippen molar-refractivity contribution in [1.29, 1.82) is 0 Å². The standard InChI is InChI=1S/C20H32O2/c1-16(2)8-6-11-19(5)20(15-22)14-18(4)10-7-9-17(3)12-13-21/h8,10,12,15,21H,6-7,9,11,13-14H2,1-5H3/b17-12+,18-10?,20-19+. The predicted octanol–water partition coefficient (Wildman–Crippen LogP) is 5.30. The lowest BCUT2D eigenvalue weighted by molar-refractivity contribution is -0.105. The fraction of sp³-hybridized carbons (Fsp3) is 0.550. The highest BCUT2D eigenvalue weighted by Crippen LogP contribution is 2.18. The Morgan fingerprint density at radius 1 is 0.864 bits per heavy atom. The minimum Gasteiger partial charge on any atom is -0.392 e. The summed E-state index contributed by atoms with van der Waals surface area (Å²) in [4.78, 5) is 11.3. The van der Waals surface area contributed by atoms with E-state index in [4.69, 9.17) is 5.11 Å². The van der Waals surface area contributed by atoms with E-state index in [0.29, 0.717) is 0 Å². The molecule has 0 aromatic rings. The number of carbonyl (C=O) groups is 1. The summed E-state index contributed by atoms with van der Waals surface area (Å²) in [6.07, 6.45) is 11.9. The first kappa shape index (κ1) is 20.6. The van der Waals surface area contributed by atoms with Crippen molar-refractivity contribution < 1.29 is 9.90 Å². The van der Waals surface area contributed by atoms with Gasteiger partial charge in [-0.2, -0.15) is 0 Å². The lowest BCUT2D eigenvalue weighted by Crippen LogP contribution is -1.93. The summed E-state index contributed by atoms with van der Waals surface area (Å²) >= 11 is 0. The zero-order valence-corrected chi connectivity index (χ0v) is 14.9. The topological polar surface area (TPSA) is 37.3 Å². The number of carbonyl (C=O) groups excluding carboxylic acids is 1. The van der Waals surface area contributed by atoms with Gasteiger partial charge in [-0.25, -0.2) is 0 Å². The normalized spacial score (nSPS) is 13.7. The Hall–Kier alpha value is -1.41. The highest BCUT2D eigenvalue weighted by Gasteiger charge is 2.03. The Morgan fingerprint density at radius 3 is 2.05 bits per heavy atom. The van der Waals surface area contributed by atoms with Gasteiger partial charge < -0.3 is 5.11 Å². The van der Waals surface area contributed by atoms with E-state index in [1.54, 1.807) is 0 Å². The van der Waals surface area contributed by atoms with Crippen LogP contribution in [0.1, 0.15) is 66.7 Å². The third-order valence-corrected chi connectivity index (χ3v) is 3.70. The van der Waals surface area contributed by atoms with Crippen LogP contribution in [-0.2, 0) is 4.79 Å². The van der Waals surface area contributed by atoms with Crippen LogP contribution in [0, 0.1) is 0 Å². The third kappa shape index (κ3) is 10.3. The van der Waals surface area contributed by atoms with Crippen LogP contribution in [0.2, 0.25) is 0 Å². The van der Waals surface area contributed by atoms with E-state index in [1.807, 2.05) is 13.0 Å². The van der Waals surface area contributed by atoms with Gasteiger partial charge in [-0.3, -0.25) is 4.79 Å². The van der Waals surface area contributed by atoms with Crippen molar-refractivity contribution in [2.75, 3.05) is 6.61 Å². The summed E-state index contributed by atoms with van der Waals surface area (Å²) in [6.45, 7) is 10.5. The highest BCUT2D eigenvalue weighted by molar-refractivity contribution is 5.75. The number of hydrogen-bond acceptors (Lipinski definition) is 2. The number of rotatable bonds is 10. The van der Waals surface area contributed by atoms with Gasteiger partial charge in [0.2, 0.25) is 0 Å². The fourth-order valence-corrected chi connectivity index (χ4v) is 2.21. The summed E-state index contributed by atoms with van der Waals surface area (Å²) in [5.74, 6) is 0. The van der Waals surface area contributed by atoms with Gasteiger partial charge in [0.1, 0.15) is 6.29 Å². The van der Waals surface area contributed by atoms with E-state index in [2.05, 4.69) is 39.8 Å². The van der Waals surface area contributed by atoms with Crippen LogP contribution in [0.5, 0.6) is 0 Å². The number of aldehydes is 1. The minimum absolute atomic E-state index is 0.109. The Labute approximate surface area is 136 Å². The molecule has 0 aromatic heterocycles. The molecule has 0 rings (SSSR count). The van der Waals surface area contributed by atoms with Gasteiger partial charge in [0, 0.05) is 0 Å². The molecule has 22 heavy (non-hydrogen) atoms. The molecule has 0 fully saturated rings. The van der Waals surface area contributed by atoms with Gasteiger partial charge >= 0.3 is 0 Å². The molecule has 0 aromatic carbocycles. The maximum Gasteiger partial charge on any atom is 0.146 e. The van der Waals surface area contributed by atoms with Crippen molar-refractivity contribution in [2.24, 2.45) is 0 Å². The van der Waals surface area contributed by atoms with Gasteiger partial charge in [-0.05, 0) is 72.3 Å². The second-order valence-corrected chi connectivity index (χ2v) is 6.24. The Morgan fingerprint density at radius 2 is 1.50 bits per heavy atom. The van der Waals surface area contributed by atoms with Crippen LogP contribution in [0.25, 0.3) is 0 Å². The van der Waals surface area contributed by atoms with Crippen molar-refractivity contribution in [1.82, 2.24) is 0 Å². The molecular formula is C20H32O2. The summed E-state index contributed by atoms with van der Waals surface area (Å²) in [5.41, 5.74) is 5.87. The molecule has 124 valence electrons. The second kappa shape index (κ2) is 12.2. The zero-order valence-electron chi connectivity index (χ0n) is 14.9. The number of allylic oxidation sites excluding steroid dienone is 7. The zero-order chi connectivity index (χ0) is 17.0. The van der Waals surface area contributed by atoms with Gasteiger partial charge in [-0.15, -0.1) is 0 Å². The largest absolute Gasteiger partial charge is 0.392 e. The first-order chi connectivity index (χ1) is 10.4. The highest BCUT2D eigenvalue weighted by atomic mass is 16.2.